The van der Waals surface area contributed by atoms with Crippen LogP contribution in [0, 0.1) is 5.92 Å². The zero-order chi connectivity index (χ0) is 16.2. The molecule has 1 fully saturated rings. The molecule has 3 rings (SSSR count). The fraction of sp³-hybridized carbons (Fsp3) is 0.412. The topological polar surface area (TPSA) is 37.3 Å². The molecular formula is C17H19Cl2N3S. The van der Waals surface area contributed by atoms with Crippen LogP contribution in [0.1, 0.15) is 39.0 Å². The number of nitrogens with zero attached hydrogens (tertiary/aromatic N) is 2. The summed E-state index contributed by atoms with van der Waals surface area (Å²) >= 11 is 13.7. The Hall–Kier alpha value is -1.10. The number of rotatable bonds is 4. The van der Waals surface area contributed by atoms with Crippen molar-refractivity contribution in [3.8, 4) is 11.3 Å². The molecule has 6 heteroatoms. The molecule has 2 aromatic rings. The molecule has 1 saturated carbocycles. The predicted octanol–water partition coefficient (Wildman–Crippen LogP) is 6.49. The summed E-state index contributed by atoms with van der Waals surface area (Å²) in [5.74, 6) is 0.612. The van der Waals surface area contributed by atoms with E-state index in [1.807, 2.05) is 17.5 Å². The molecule has 1 aromatic heterocycles. The van der Waals surface area contributed by atoms with Crippen LogP contribution in [-0.2, 0) is 0 Å². The monoisotopic (exact) mass is 367 g/mol. The van der Waals surface area contributed by atoms with Crippen LogP contribution in [0.25, 0.3) is 11.3 Å². The van der Waals surface area contributed by atoms with Gasteiger partial charge in [0, 0.05) is 21.7 Å². The predicted molar refractivity (Wildman–Crippen MR) is 101 cm³/mol. The van der Waals surface area contributed by atoms with Gasteiger partial charge in [0.25, 0.3) is 0 Å². The summed E-state index contributed by atoms with van der Waals surface area (Å²) in [4.78, 5) is 4.56. The molecule has 0 amide bonds. The molecule has 0 atom stereocenters. The lowest BCUT2D eigenvalue weighted by molar-refractivity contribution is 0.438. The lowest BCUT2D eigenvalue weighted by atomic mass is 9.86. The van der Waals surface area contributed by atoms with Gasteiger partial charge in [0.15, 0.2) is 0 Å². The fourth-order valence-electron chi connectivity index (χ4n) is 2.89. The smallest absolute Gasteiger partial charge is 0.203 e. The van der Waals surface area contributed by atoms with E-state index in [-0.39, 0.29) is 0 Å². The van der Waals surface area contributed by atoms with Gasteiger partial charge in [-0.25, -0.2) is 4.98 Å². The van der Waals surface area contributed by atoms with Crippen LogP contribution in [0.2, 0.25) is 10.0 Å². The minimum absolute atomic E-state index is 0.608. The van der Waals surface area contributed by atoms with Gasteiger partial charge >= 0.3 is 0 Å². The summed E-state index contributed by atoms with van der Waals surface area (Å²) in [7, 11) is 0. The van der Waals surface area contributed by atoms with E-state index >= 15 is 0 Å². The van der Waals surface area contributed by atoms with Gasteiger partial charge in [-0.1, -0.05) is 42.5 Å². The van der Waals surface area contributed by atoms with Gasteiger partial charge in [0.05, 0.1) is 10.7 Å². The lowest BCUT2D eigenvalue weighted by Crippen LogP contribution is -2.16. The van der Waals surface area contributed by atoms with E-state index in [2.05, 4.69) is 22.4 Å². The van der Waals surface area contributed by atoms with Crippen LogP contribution in [0.3, 0.4) is 0 Å². The van der Waals surface area contributed by atoms with Crippen molar-refractivity contribution in [2.24, 2.45) is 11.0 Å². The SMILES string of the molecule is C/C(=N\Nc1nc(-c2ccc(Cl)cc2Cl)cs1)C1CCCCC1. The number of aromatic nitrogens is 1. The van der Waals surface area contributed by atoms with Gasteiger partial charge in [0.2, 0.25) is 5.13 Å². The molecule has 3 nitrogen and oxygen atoms in total. The second-order valence-corrected chi connectivity index (χ2v) is 7.56. The maximum absolute atomic E-state index is 6.23. The van der Waals surface area contributed by atoms with Crippen molar-refractivity contribution >= 4 is 45.4 Å². The van der Waals surface area contributed by atoms with Crippen LogP contribution >= 0.6 is 34.5 Å². The molecule has 0 aliphatic heterocycles. The maximum atomic E-state index is 6.23. The number of hydrogen-bond donors (Lipinski definition) is 1. The highest BCUT2D eigenvalue weighted by Crippen LogP contribution is 2.32. The molecule has 1 aliphatic carbocycles. The standard InChI is InChI=1S/C17H19Cl2N3S/c1-11(12-5-3-2-4-6-12)21-22-17-20-16(10-23-17)14-8-7-13(18)9-15(14)19/h7-10,12H,2-6H2,1H3,(H,20,22)/b21-11+. The minimum atomic E-state index is 0.608. The minimum Gasteiger partial charge on any atom is -0.253 e. The van der Waals surface area contributed by atoms with Gasteiger partial charge in [-0.15, -0.1) is 11.3 Å². The Labute approximate surface area is 150 Å². The quantitative estimate of drug-likeness (QED) is 0.495. The van der Waals surface area contributed by atoms with E-state index in [1.165, 1.54) is 49.2 Å². The third-order valence-corrected chi connectivity index (χ3v) is 5.53. The highest BCUT2D eigenvalue weighted by atomic mass is 35.5. The summed E-state index contributed by atoms with van der Waals surface area (Å²) in [6.07, 6.45) is 6.48. The van der Waals surface area contributed by atoms with Crippen molar-refractivity contribution in [3.63, 3.8) is 0 Å². The van der Waals surface area contributed by atoms with Crippen LogP contribution in [0.15, 0.2) is 28.7 Å². The van der Waals surface area contributed by atoms with E-state index in [4.69, 9.17) is 23.2 Å². The van der Waals surface area contributed by atoms with E-state index in [1.54, 1.807) is 6.07 Å². The first kappa shape index (κ1) is 16.7. The van der Waals surface area contributed by atoms with Crippen LogP contribution in [0.5, 0.6) is 0 Å². The highest BCUT2D eigenvalue weighted by molar-refractivity contribution is 7.14. The number of anilines is 1. The summed E-state index contributed by atoms with van der Waals surface area (Å²) in [6, 6.07) is 5.44. The number of hydrogen-bond acceptors (Lipinski definition) is 4. The van der Waals surface area contributed by atoms with E-state index < -0.39 is 0 Å². The number of thiazole rings is 1. The summed E-state index contributed by atoms with van der Waals surface area (Å²) in [5.41, 5.74) is 5.98. The molecule has 1 N–H and O–H groups in total. The normalized spacial score (nSPS) is 16.6. The largest absolute Gasteiger partial charge is 0.253 e. The van der Waals surface area contributed by atoms with Crippen molar-refractivity contribution in [2.45, 2.75) is 39.0 Å². The van der Waals surface area contributed by atoms with Gasteiger partial charge < -0.3 is 0 Å². The Morgan fingerprint density at radius 3 is 2.78 bits per heavy atom. The molecule has 1 heterocycles. The van der Waals surface area contributed by atoms with E-state index in [0.29, 0.717) is 16.0 Å². The Balaban J connectivity index is 1.69. The molecule has 23 heavy (non-hydrogen) atoms. The first-order valence-electron chi connectivity index (χ1n) is 7.84. The van der Waals surface area contributed by atoms with Crippen LogP contribution < -0.4 is 5.43 Å². The first-order chi connectivity index (χ1) is 11.1. The van der Waals surface area contributed by atoms with Crippen molar-refractivity contribution in [1.82, 2.24) is 4.98 Å². The van der Waals surface area contributed by atoms with Crippen LogP contribution in [-0.4, -0.2) is 10.7 Å². The highest BCUT2D eigenvalue weighted by Gasteiger charge is 2.16. The van der Waals surface area contributed by atoms with E-state index in [0.717, 1.165) is 16.4 Å². The molecule has 0 unspecified atom stereocenters. The molecular weight excluding hydrogens is 349 g/mol. The molecule has 0 spiro atoms. The molecule has 0 bridgehead atoms. The number of halogens is 2. The van der Waals surface area contributed by atoms with Crippen molar-refractivity contribution in [1.29, 1.82) is 0 Å². The third kappa shape index (κ3) is 4.25. The van der Waals surface area contributed by atoms with Gasteiger partial charge in [-0.2, -0.15) is 5.10 Å². The zero-order valence-electron chi connectivity index (χ0n) is 13.0. The zero-order valence-corrected chi connectivity index (χ0v) is 15.3. The van der Waals surface area contributed by atoms with Crippen molar-refractivity contribution in [3.05, 3.63) is 33.6 Å². The summed E-state index contributed by atoms with van der Waals surface area (Å²) < 4.78 is 0. The summed E-state index contributed by atoms with van der Waals surface area (Å²) in [6.45, 7) is 2.10. The van der Waals surface area contributed by atoms with Crippen molar-refractivity contribution < 1.29 is 0 Å². The molecule has 1 aliphatic rings. The average molecular weight is 368 g/mol. The van der Waals surface area contributed by atoms with Gasteiger partial charge in [-0.05, 0) is 43.9 Å². The second kappa shape index (κ2) is 7.65. The Morgan fingerprint density at radius 1 is 1.26 bits per heavy atom. The molecule has 0 radical (unpaired) electrons. The molecule has 122 valence electrons. The number of nitrogens with one attached hydrogen (secondary N) is 1. The molecule has 0 saturated heterocycles. The maximum Gasteiger partial charge on any atom is 0.203 e. The summed E-state index contributed by atoms with van der Waals surface area (Å²) in [5, 5.41) is 8.51. The fourth-order valence-corrected chi connectivity index (χ4v) is 4.05. The van der Waals surface area contributed by atoms with Crippen LogP contribution in [0.4, 0.5) is 5.13 Å². The number of benzene rings is 1. The third-order valence-electron chi connectivity index (χ3n) is 4.24. The van der Waals surface area contributed by atoms with Gasteiger partial charge in [-0.3, -0.25) is 5.43 Å². The number of hydrazone groups is 1. The first-order valence-corrected chi connectivity index (χ1v) is 9.48. The second-order valence-electron chi connectivity index (χ2n) is 5.86. The lowest BCUT2D eigenvalue weighted by Gasteiger charge is -2.20. The molecule has 1 aromatic carbocycles. The Kier molecular flexibility index (Phi) is 5.57. The average Bonchev–Trinajstić information content (AvgIpc) is 3.02. The Morgan fingerprint density at radius 2 is 2.04 bits per heavy atom. The van der Waals surface area contributed by atoms with Gasteiger partial charge in [0.1, 0.15) is 0 Å². The van der Waals surface area contributed by atoms with Crippen molar-refractivity contribution in [2.75, 3.05) is 5.43 Å². The Bertz CT molecular complexity index is 706. The van der Waals surface area contributed by atoms with E-state index in [9.17, 15) is 0 Å².